The highest BCUT2D eigenvalue weighted by Gasteiger charge is 1.89. The largest absolute Gasteiger partial charge is 0.316 e. The molecular formula is C8H13N3. The van der Waals surface area contributed by atoms with E-state index in [2.05, 4.69) is 16.5 Å². The van der Waals surface area contributed by atoms with E-state index in [0.717, 1.165) is 12.2 Å². The van der Waals surface area contributed by atoms with Crippen molar-refractivity contribution in [1.29, 1.82) is 0 Å². The number of hydrogen-bond acceptors (Lipinski definition) is 2. The maximum Gasteiger partial charge on any atom is 0.0603 e. The fourth-order valence-electron chi connectivity index (χ4n) is 0.845. The normalized spacial score (nSPS) is 11.1. The third-order valence-corrected chi connectivity index (χ3v) is 1.47. The van der Waals surface area contributed by atoms with Crippen molar-refractivity contribution in [3.8, 4) is 0 Å². The van der Waals surface area contributed by atoms with Crippen LogP contribution in [0.15, 0.2) is 18.3 Å². The molecule has 0 aliphatic heterocycles. The molecule has 0 bridgehead atoms. The average Bonchev–Trinajstić information content (AvgIpc) is 2.37. The summed E-state index contributed by atoms with van der Waals surface area (Å²) in [6, 6.07) is 1.98. The lowest BCUT2D eigenvalue weighted by Crippen LogP contribution is -2.04. The molecule has 0 aliphatic carbocycles. The summed E-state index contributed by atoms with van der Waals surface area (Å²) in [6.07, 6.45) is 5.90. The van der Waals surface area contributed by atoms with Gasteiger partial charge in [-0.2, -0.15) is 5.10 Å². The van der Waals surface area contributed by atoms with Gasteiger partial charge in [0.1, 0.15) is 0 Å². The summed E-state index contributed by atoms with van der Waals surface area (Å²) < 4.78 is 1.84. The molecule has 0 aromatic carbocycles. The molecule has 60 valence electrons. The van der Waals surface area contributed by atoms with Crippen LogP contribution in [0.2, 0.25) is 0 Å². The van der Waals surface area contributed by atoms with E-state index in [-0.39, 0.29) is 0 Å². The number of aromatic nitrogens is 2. The topological polar surface area (TPSA) is 29.9 Å². The molecule has 0 unspecified atom stereocenters. The Labute approximate surface area is 66.7 Å². The second-order valence-corrected chi connectivity index (χ2v) is 2.34. The minimum absolute atomic E-state index is 0.894. The molecule has 11 heavy (non-hydrogen) atoms. The first kappa shape index (κ1) is 8.01. The van der Waals surface area contributed by atoms with Crippen molar-refractivity contribution in [1.82, 2.24) is 15.1 Å². The van der Waals surface area contributed by atoms with Crippen LogP contribution in [0.5, 0.6) is 0 Å². The molecule has 1 heterocycles. The SMILES string of the molecule is CNC/C=C/c1ccnn1C. The van der Waals surface area contributed by atoms with Crippen molar-refractivity contribution in [2.45, 2.75) is 0 Å². The first-order chi connectivity index (χ1) is 5.34. The highest BCUT2D eigenvalue weighted by molar-refractivity contribution is 5.44. The zero-order chi connectivity index (χ0) is 8.10. The van der Waals surface area contributed by atoms with Crippen molar-refractivity contribution in [2.24, 2.45) is 7.05 Å². The van der Waals surface area contributed by atoms with E-state index in [1.54, 1.807) is 6.20 Å². The van der Waals surface area contributed by atoms with Gasteiger partial charge in [-0.05, 0) is 19.2 Å². The molecule has 1 aromatic rings. The Kier molecular flexibility index (Phi) is 2.86. The lowest BCUT2D eigenvalue weighted by atomic mass is 10.4. The van der Waals surface area contributed by atoms with Gasteiger partial charge in [-0.1, -0.05) is 6.08 Å². The zero-order valence-electron chi connectivity index (χ0n) is 6.91. The lowest BCUT2D eigenvalue weighted by Gasteiger charge is -1.92. The molecule has 1 N–H and O–H groups in total. The Morgan fingerprint density at radius 1 is 1.73 bits per heavy atom. The second-order valence-electron chi connectivity index (χ2n) is 2.34. The standard InChI is InChI=1S/C8H13N3/c1-9-6-3-4-8-5-7-10-11(8)2/h3-5,7,9H,6H2,1-2H3/b4-3+. The van der Waals surface area contributed by atoms with Crippen LogP contribution in [0, 0.1) is 0 Å². The molecule has 0 radical (unpaired) electrons. The Hall–Kier alpha value is -1.09. The molecule has 0 amide bonds. The first-order valence-corrected chi connectivity index (χ1v) is 3.63. The predicted octanol–water partition coefficient (Wildman–Crippen LogP) is 0.653. The van der Waals surface area contributed by atoms with E-state index < -0.39 is 0 Å². The Balaban J connectivity index is 2.56. The van der Waals surface area contributed by atoms with Gasteiger partial charge >= 0.3 is 0 Å². The smallest absolute Gasteiger partial charge is 0.0603 e. The summed E-state index contributed by atoms with van der Waals surface area (Å²) in [7, 11) is 3.85. The van der Waals surface area contributed by atoms with Crippen molar-refractivity contribution in [3.63, 3.8) is 0 Å². The zero-order valence-corrected chi connectivity index (χ0v) is 6.91. The van der Waals surface area contributed by atoms with Gasteiger partial charge in [-0.15, -0.1) is 0 Å². The summed E-state index contributed by atoms with van der Waals surface area (Å²) in [6.45, 7) is 0.894. The van der Waals surface area contributed by atoms with E-state index in [1.807, 2.05) is 30.9 Å². The molecule has 3 nitrogen and oxygen atoms in total. The number of hydrogen-bond donors (Lipinski definition) is 1. The fraction of sp³-hybridized carbons (Fsp3) is 0.375. The lowest BCUT2D eigenvalue weighted by molar-refractivity contribution is 0.759. The van der Waals surface area contributed by atoms with Gasteiger partial charge in [0.2, 0.25) is 0 Å². The second kappa shape index (κ2) is 3.93. The molecule has 0 saturated carbocycles. The number of aryl methyl sites for hydroxylation is 1. The van der Waals surface area contributed by atoms with Crippen LogP contribution in [-0.4, -0.2) is 23.4 Å². The van der Waals surface area contributed by atoms with Crippen molar-refractivity contribution < 1.29 is 0 Å². The van der Waals surface area contributed by atoms with E-state index in [1.165, 1.54) is 0 Å². The number of likely N-dealkylation sites (N-methyl/N-ethyl adjacent to an activating group) is 1. The monoisotopic (exact) mass is 151 g/mol. The fourth-order valence-corrected chi connectivity index (χ4v) is 0.845. The third-order valence-electron chi connectivity index (χ3n) is 1.47. The Morgan fingerprint density at radius 2 is 2.55 bits per heavy atom. The summed E-state index contributed by atoms with van der Waals surface area (Å²) in [5.74, 6) is 0. The van der Waals surface area contributed by atoms with Crippen LogP contribution in [-0.2, 0) is 7.05 Å². The van der Waals surface area contributed by atoms with Crippen LogP contribution in [0.3, 0.4) is 0 Å². The molecule has 0 spiro atoms. The van der Waals surface area contributed by atoms with E-state index in [4.69, 9.17) is 0 Å². The van der Waals surface area contributed by atoms with Gasteiger partial charge in [0.25, 0.3) is 0 Å². The van der Waals surface area contributed by atoms with Gasteiger partial charge in [-0.25, -0.2) is 0 Å². The molecule has 3 heteroatoms. The van der Waals surface area contributed by atoms with Crippen molar-refractivity contribution >= 4 is 6.08 Å². The molecular weight excluding hydrogens is 138 g/mol. The van der Waals surface area contributed by atoms with Crippen LogP contribution < -0.4 is 5.32 Å². The summed E-state index contributed by atoms with van der Waals surface area (Å²) in [4.78, 5) is 0. The number of nitrogens with zero attached hydrogens (tertiary/aromatic N) is 2. The Morgan fingerprint density at radius 3 is 3.09 bits per heavy atom. The van der Waals surface area contributed by atoms with Crippen LogP contribution >= 0.6 is 0 Å². The first-order valence-electron chi connectivity index (χ1n) is 3.63. The predicted molar refractivity (Wildman–Crippen MR) is 46.2 cm³/mol. The maximum atomic E-state index is 4.04. The molecule has 1 aromatic heterocycles. The van der Waals surface area contributed by atoms with Gasteiger partial charge in [0.05, 0.1) is 5.69 Å². The van der Waals surface area contributed by atoms with Gasteiger partial charge in [0, 0.05) is 19.8 Å². The summed E-state index contributed by atoms with van der Waals surface area (Å²) in [5, 5.41) is 7.07. The highest BCUT2D eigenvalue weighted by atomic mass is 15.2. The minimum atomic E-state index is 0.894. The molecule has 0 aliphatic rings. The number of nitrogens with one attached hydrogen (secondary N) is 1. The van der Waals surface area contributed by atoms with Gasteiger partial charge < -0.3 is 5.32 Å². The quantitative estimate of drug-likeness (QED) is 0.687. The van der Waals surface area contributed by atoms with Crippen LogP contribution in [0.1, 0.15) is 5.69 Å². The van der Waals surface area contributed by atoms with Crippen LogP contribution in [0.25, 0.3) is 6.08 Å². The van der Waals surface area contributed by atoms with Crippen LogP contribution in [0.4, 0.5) is 0 Å². The Bertz CT molecular complexity index is 237. The average molecular weight is 151 g/mol. The number of rotatable bonds is 3. The summed E-state index contributed by atoms with van der Waals surface area (Å²) in [5.41, 5.74) is 1.13. The van der Waals surface area contributed by atoms with Gasteiger partial charge in [0.15, 0.2) is 0 Å². The molecule has 0 saturated heterocycles. The molecule has 0 atom stereocenters. The maximum absolute atomic E-state index is 4.04. The summed E-state index contributed by atoms with van der Waals surface area (Å²) >= 11 is 0. The minimum Gasteiger partial charge on any atom is -0.316 e. The molecule has 0 fully saturated rings. The van der Waals surface area contributed by atoms with E-state index in [0.29, 0.717) is 0 Å². The van der Waals surface area contributed by atoms with E-state index in [9.17, 15) is 0 Å². The van der Waals surface area contributed by atoms with Crippen molar-refractivity contribution in [2.75, 3.05) is 13.6 Å². The van der Waals surface area contributed by atoms with Crippen molar-refractivity contribution in [3.05, 3.63) is 24.0 Å². The highest BCUT2D eigenvalue weighted by Crippen LogP contribution is 1.97. The van der Waals surface area contributed by atoms with Gasteiger partial charge in [-0.3, -0.25) is 4.68 Å². The molecule has 1 rings (SSSR count). The van der Waals surface area contributed by atoms with E-state index >= 15 is 0 Å². The third kappa shape index (κ3) is 2.20.